The Morgan fingerprint density at radius 1 is 1.26 bits per heavy atom. The number of hydrogen-bond donors (Lipinski definition) is 2. The molecule has 0 bridgehead atoms. The minimum Gasteiger partial charge on any atom is -0.396 e. The average Bonchev–Trinajstić information content (AvgIpc) is 3.20. The summed E-state index contributed by atoms with van der Waals surface area (Å²) >= 11 is 3.22. The van der Waals surface area contributed by atoms with Crippen LogP contribution in [0, 0.1) is 0 Å². The first-order chi connectivity index (χ1) is 13.3. The predicted octanol–water partition coefficient (Wildman–Crippen LogP) is 3.49. The van der Waals surface area contributed by atoms with Crippen molar-refractivity contribution in [1.29, 1.82) is 0 Å². The molecule has 0 aliphatic carbocycles. The first kappa shape index (κ1) is 20.1. The second-order valence-electron chi connectivity index (χ2n) is 6.20. The van der Waals surface area contributed by atoms with Crippen LogP contribution in [0.3, 0.4) is 0 Å². The van der Waals surface area contributed by atoms with Crippen molar-refractivity contribution in [3.8, 4) is 0 Å². The molecule has 1 aliphatic rings. The molecule has 6 nitrogen and oxygen atoms in total. The number of amides is 1. The van der Waals surface area contributed by atoms with E-state index in [-0.39, 0.29) is 12.5 Å². The van der Waals surface area contributed by atoms with Gasteiger partial charge in [0.1, 0.15) is 5.69 Å². The molecule has 2 N–H and O–H groups in total. The highest BCUT2D eigenvalue weighted by molar-refractivity contribution is 7.99. The highest BCUT2D eigenvalue weighted by Crippen LogP contribution is 2.29. The molecule has 8 heteroatoms. The van der Waals surface area contributed by atoms with Gasteiger partial charge in [0, 0.05) is 30.0 Å². The molecule has 1 aromatic carbocycles. The van der Waals surface area contributed by atoms with E-state index in [9.17, 15) is 4.79 Å². The van der Waals surface area contributed by atoms with Gasteiger partial charge in [-0.05, 0) is 30.7 Å². The lowest BCUT2D eigenvalue weighted by Gasteiger charge is -2.25. The van der Waals surface area contributed by atoms with Gasteiger partial charge in [-0.3, -0.25) is 4.79 Å². The first-order valence-electron chi connectivity index (χ1n) is 9.20. The number of para-hydroxylation sites is 1. The number of benzene rings is 1. The molecular weight excluding hydrogens is 382 g/mol. The summed E-state index contributed by atoms with van der Waals surface area (Å²) in [6, 6.07) is 7.84. The van der Waals surface area contributed by atoms with Crippen LogP contribution in [0.25, 0.3) is 0 Å². The lowest BCUT2D eigenvalue weighted by Crippen LogP contribution is -2.36. The SMILES string of the molecule is O=C(Nc1ccccc1SCCCCCO)c1csc(N2CCOCC2)n1. The van der Waals surface area contributed by atoms with Crippen LogP contribution in [0.4, 0.5) is 10.8 Å². The number of aromatic nitrogens is 1. The number of ether oxygens (including phenoxy) is 1. The first-order valence-corrected chi connectivity index (χ1v) is 11.1. The molecule has 1 saturated heterocycles. The number of carbonyl (C=O) groups excluding carboxylic acids is 1. The number of nitrogens with zero attached hydrogens (tertiary/aromatic N) is 2. The Morgan fingerprint density at radius 3 is 2.89 bits per heavy atom. The molecular formula is C19H25N3O3S2. The lowest BCUT2D eigenvalue weighted by atomic mass is 10.3. The van der Waals surface area contributed by atoms with Gasteiger partial charge in [0.05, 0.1) is 18.9 Å². The Balaban J connectivity index is 1.58. The maximum Gasteiger partial charge on any atom is 0.275 e. The van der Waals surface area contributed by atoms with Gasteiger partial charge < -0.3 is 20.1 Å². The maximum atomic E-state index is 12.6. The number of aliphatic hydroxyl groups is 1. The summed E-state index contributed by atoms with van der Waals surface area (Å²) in [5, 5.41) is 14.5. The number of hydrogen-bond acceptors (Lipinski definition) is 7. The third-order valence-corrected chi connectivity index (χ3v) is 6.26. The van der Waals surface area contributed by atoms with Crippen molar-refractivity contribution in [2.45, 2.75) is 24.2 Å². The van der Waals surface area contributed by atoms with Gasteiger partial charge in [0.25, 0.3) is 5.91 Å². The van der Waals surface area contributed by atoms with E-state index in [1.165, 1.54) is 11.3 Å². The zero-order valence-corrected chi connectivity index (χ0v) is 16.9. The number of anilines is 2. The van der Waals surface area contributed by atoms with Crippen molar-refractivity contribution in [3.63, 3.8) is 0 Å². The van der Waals surface area contributed by atoms with Crippen LogP contribution in [-0.4, -0.2) is 54.7 Å². The van der Waals surface area contributed by atoms with Crippen molar-refractivity contribution >= 4 is 39.8 Å². The minimum atomic E-state index is -0.181. The summed E-state index contributed by atoms with van der Waals surface area (Å²) in [6.45, 7) is 3.26. The Bertz CT molecular complexity index is 732. The summed E-state index contributed by atoms with van der Waals surface area (Å²) in [4.78, 5) is 20.3. The quantitative estimate of drug-likeness (QED) is 0.490. The summed E-state index contributed by atoms with van der Waals surface area (Å²) in [6.07, 6.45) is 2.90. The van der Waals surface area contributed by atoms with E-state index >= 15 is 0 Å². The van der Waals surface area contributed by atoms with Gasteiger partial charge in [-0.1, -0.05) is 18.6 Å². The Morgan fingerprint density at radius 2 is 2.07 bits per heavy atom. The monoisotopic (exact) mass is 407 g/mol. The summed E-state index contributed by atoms with van der Waals surface area (Å²) < 4.78 is 5.36. The van der Waals surface area contributed by atoms with Crippen LogP contribution in [0.5, 0.6) is 0 Å². The summed E-state index contributed by atoms with van der Waals surface area (Å²) in [5.74, 6) is 0.782. The van der Waals surface area contributed by atoms with Crippen LogP contribution in [0.1, 0.15) is 29.8 Å². The molecule has 3 rings (SSSR count). The number of nitrogens with one attached hydrogen (secondary N) is 1. The van der Waals surface area contributed by atoms with E-state index < -0.39 is 0 Å². The van der Waals surface area contributed by atoms with Crippen LogP contribution >= 0.6 is 23.1 Å². The minimum absolute atomic E-state index is 0.181. The lowest BCUT2D eigenvalue weighted by molar-refractivity contribution is 0.102. The number of aliphatic hydroxyl groups excluding tert-OH is 1. The molecule has 1 aliphatic heterocycles. The molecule has 0 radical (unpaired) electrons. The number of unbranched alkanes of at least 4 members (excludes halogenated alkanes) is 2. The van der Waals surface area contributed by atoms with E-state index in [4.69, 9.17) is 9.84 Å². The van der Waals surface area contributed by atoms with Gasteiger partial charge in [0.15, 0.2) is 5.13 Å². The summed E-state index contributed by atoms with van der Waals surface area (Å²) in [5.41, 5.74) is 1.26. The fraction of sp³-hybridized carbons (Fsp3) is 0.474. The van der Waals surface area contributed by atoms with Crippen LogP contribution in [-0.2, 0) is 4.74 Å². The number of thiazole rings is 1. The van der Waals surface area contributed by atoms with Crippen molar-refractivity contribution in [2.24, 2.45) is 0 Å². The van der Waals surface area contributed by atoms with Gasteiger partial charge in [-0.2, -0.15) is 0 Å². The van der Waals surface area contributed by atoms with Gasteiger partial charge in [-0.15, -0.1) is 23.1 Å². The second-order valence-corrected chi connectivity index (χ2v) is 8.17. The van der Waals surface area contributed by atoms with Crippen molar-refractivity contribution in [3.05, 3.63) is 35.3 Å². The Kier molecular flexibility index (Phi) is 7.94. The van der Waals surface area contributed by atoms with E-state index in [2.05, 4.69) is 15.2 Å². The number of rotatable bonds is 9. The number of morpholine rings is 1. The molecule has 1 aromatic heterocycles. The second kappa shape index (κ2) is 10.7. The Hall–Kier alpha value is -1.61. The van der Waals surface area contributed by atoms with Crippen LogP contribution in [0.15, 0.2) is 34.5 Å². The molecule has 2 aromatic rings. The van der Waals surface area contributed by atoms with Gasteiger partial charge >= 0.3 is 0 Å². The van der Waals surface area contributed by atoms with Crippen LogP contribution in [0.2, 0.25) is 0 Å². The molecule has 146 valence electrons. The molecule has 27 heavy (non-hydrogen) atoms. The zero-order chi connectivity index (χ0) is 18.9. The Labute approximate surface area is 167 Å². The standard InChI is InChI=1S/C19H25N3O3S2/c23-10-4-1-5-13-26-17-7-3-2-6-15(17)20-18(24)16-14-27-19(21-16)22-8-11-25-12-9-22/h2-3,6-7,14,23H,1,4-5,8-13H2,(H,20,24). The molecule has 0 unspecified atom stereocenters. The fourth-order valence-corrected chi connectivity index (χ4v) is 4.60. The third kappa shape index (κ3) is 5.93. The molecule has 0 saturated carbocycles. The summed E-state index contributed by atoms with van der Waals surface area (Å²) in [7, 11) is 0. The van der Waals surface area contributed by atoms with Crippen molar-refractivity contribution in [1.82, 2.24) is 4.98 Å². The largest absolute Gasteiger partial charge is 0.396 e. The number of carbonyl (C=O) groups is 1. The van der Waals surface area contributed by atoms with E-state index in [1.54, 1.807) is 11.8 Å². The van der Waals surface area contributed by atoms with Crippen LogP contribution < -0.4 is 10.2 Å². The highest BCUT2D eigenvalue weighted by Gasteiger charge is 2.18. The van der Waals surface area contributed by atoms with Gasteiger partial charge in [-0.25, -0.2) is 4.98 Å². The molecule has 0 atom stereocenters. The van der Waals surface area contributed by atoms with Crippen molar-refractivity contribution in [2.75, 3.05) is 48.9 Å². The molecule has 1 amide bonds. The van der Waals surface area contributed by atoms with E-state index in [0.29, 0.717) is 18.9 Å². The third-order valence-electron chi connectivity index (χ3n) is 4.20. The average molecular weight is 408 g/mol. The van der Waals surface area contributed by atoms with Crippen molar-refractivity contribution < 1.29 is 14.6 Å². The van der Waals surface area contributed by atoms with Gasteiger partial charge in [0.2, 0.25) is 0 Å². The predicted molar refractivity (Wildman–Crippen MR) is 111 cm³/mol. The van der Waals surface area contributed by atoms with E-state index in [0.717, 1.165) is 53.8 Å². The topological polar surface area (TPSA) is 74.7 Å². The smallest absolute Gasteiger partial charge is 0.275 e. The molecule has 2 heterocycles. The maximum absolute atomic E-state index is 12.6. The fourth-order valence-electron chi connectivity index (χ4n) is 2.72. The van der Waals surface area contributed by atoms with E-state index in [1.807, 2.05) is 29.6 Å². The highest BCUT2D eigenvalue weighted by atomic mass is 32.2. The normalized spacial score (nSPS) is 14.3. The molecule has 1 fully saturated rings. The molecule has 0 spiro atoms. The number of thioether (sulfide) groups is 1. The zero-order valence-electron chi connectivity index (χ0n) is 15.2.